The second kappa shape index (κ2) is 5.98. The van der Waals surface area contributed by atoms with Crippen molar-refractivity contribution in [2.75, 3.05) is 13.1 Å². The molecule has 2 unspecified atom stereocenters. The molecule has 1 aromatic carbocycles. The van der Waals surface area contributed by atoms with Crippen LogP contribution in [0.1, 0.15) is 18.4 Å². The predicted molar refractivity (Wildman–Crippen MR) is 70.1 cm³/mol. The molecular formula is C14H20N2O2. The molecule has 1 aliphatic heterocycles. The highest BCUT2D eigenvalue weighted by molar-refractivity contribution is 5.73. The number of likely N-dealkylation sites (tertiary alicyclic amines) is 1. The minimum atomic E-state index is -0.732. The van der Waals surface area contributed by atoms with Gasteiger partial charge in [-0.15, -0.1) is 0 Å². The van der Waals surface area contributed by atoms with Crippen LogP contribution < -0.4 is 5.73 Å². The van der Waals surface area contributed by atoms with Crippen LogP contribution in [0.3, 0.4) is 0 Å². The van der Waals surface area contributed by atoms with Crippen molar-refractivity contribution >= 4 is 5.97 Å². The number of aliphatic carboxylic acids is 1. The number of carboxylic acid groups (broad SMARTS) is 1. The molecular weight excluding hydrogens is 228 g/mol. The fourth-order valence-electron chi connectivity index (χ4n) is 2.57. The maximum atomic E-state index is 11.3. The Labute approximate surface area is 107 Å². The zero-order valence-electron chi connectivity index (χ0n) is 10.5. The molecule has 3 N–H and O–H groups in total. The summed E-state index contributed by atoms with van der Waals surface area (Å²) in [5.41, 5.74) is 6.81. The summed E-state index contributed by atoms with van der Waals surface area (Å²) in [4.78, 5) is 13.4. The molecule has 0 radical (unpaired) electrons. The van der Waals surface area contributed by atoms with Crippen LogP contribution >= 0.6 is 0 Å². The van der Waals surface area contributed by atoms with Crippen molar-refractivity contribution in [2.24, 2.45) is 11.7 Å². The van der Waals surface area contributed by atoms with E-state index in [4.69, 9.17) is 5.73 Å². The van der Waals surface area contributed by atoms with Crippen molar-refractivity contribution in [3.63, 3.8) is 0 Å². The highest BCUT2D eigenvalue weighted by atomic mass is 16.4. The van der Waals surface area contributed by atoms with Crippen molar-refractivity contribution in [1.29, 1.82) is 0 Å². The average molecular weight is 248 g/mol. The van der Waals surface area contributed by atoms with E-state index in [-0.39, 0.29) is 0 Å². The third kappa shape index (κ3) is 3.09. The fraction of sp³-hybridized carbons (Fsp3) is 0.500. The highest BCUT2D eigenvalue weighted by Gasteiger charge is 2.32. The van der Waals surface area contributed by atoms with Crippen molar-refractivity contribution in [3.8, 4) is 0 Å². The largest absolute Gasteiger partial charge is 0.480 e. The number of benzene rings is 1. The number of carboxylic acids is 1. The first-order valence-electron chi connectivity index (χ1n) is 6.41. The number of hydrogen-bond acceptors (Lipinski definition) is 3. The lowest BCUT2D eigenvalue weighted by molar-refractivity contribution is -0.145. The van der Waals surface area contributed by atoms with E-state index in [1.54, 1.807) is 0 Å². The van der Waals surface area contributed by atoms with Crippen molar-refractivity contribution in [3.05, 3.63) is 35.9 Å². The Hall–Kier alpha value is -1.39. The van der Waals surface area contributed by atoms with E-state index < -0.39 is 12.0 Å². The molecule has 0 aliphatic carbocycles. The van der Waals surface area contributed by atoms with Gasteiger partial charge in [0.1, 0.15) is 6.04 Å². The number of hydrogen-bond donors (Lipinski definition) is 2. The lowest BCUT2D eigenvalue weighted by atomic mass is 9.90. The van der Waals surface area contributed by atoms with Gasteiger partial charge >= 0.3 is 5.97 Å². The van der Waals surface area contributed by atoms with E-state index >= 15 is 0 Å². The van der Waals surface area contributed by atoms with Gasteiger partial charge in [0.2, 0.25) is 0 Å². The van der Waals surface area contributed by atoms with Gasteiger partial charge in [-0.2, -0.15) is 0 Å². The standard InChI is InChI=1S/C14H20N2O2/c15-9-12-6-7-16(13(8-12)14(17)18)10-11-4-2-1-3-5-11/h1-5,12-13H,6-10,15H2,(H,17,18). The summed E-state index contributed by atoms with van der Waals surface area (Å²) in [6, 6.07) is 9.61. The molecule has 2 atom stereocenters. The van der Waals surface area contributed by atoms with Gasteiger partial charge in [0, 0.05) is 6.54 Å². The molecule has 0 bridgehead atoms. The summed E-state index contributed by atoms with van der Waals surface area (Å²) in [6.07, 6.45) is 1.66. The number of rotatable bonds is 4. The number of nitrogens with zero attached hydrogens (tertiary/aromatic N) is 1. The molecule has 0 amide bonds. The van der Waals surface area contributed by atoms with Gasteiger partial charge in [-0.05, 0) is 37.4 Å². The third-order valence-corrected chi connectivity index (χ3v) is 3.67. The second-order valence-corrected chi connectivity index (χ2v) is 4.94. The van der Waals surface area contributed by atoms with Gasteiger partial charge in [0.05, 0.1) is 0 Å². The monoisotopic (exact) mass is 248 g/mol. The summed E-state index contributed by atoms with van der Waals surface area (Å²) in [5, 5.41) is 9.32. The second-order valence-electron chi connectivity index (χ2n) is 4.94. The van der Waals surface area contributed by atoms with Crippen LogP contribution in [0.25, 0.3) is 0 Å². The van der Waals surface area contributed by atoms with E-state index in [1.165, 1.54) is 0 Å². The number of carbonyl (C=O) groups is 1. The molecule has 1 heterocycles. The summed E-state index contributed by atoms with van der Waals surface area (Å²) in [5.74, 6) is -0.387. The van der Waals surface area contributed by atoms with E-state index in [1.807, 2.05) is 35.2 Å². The summed E-state index contributed by atoms with van der Waals surface area (Å²) in [7, 11) is 0. The molecule has 1 fully saturated rings. The van der Waals surface area contributed by atoms with Crippen LogP contribution in [0.5, 0.6) is 0 Å². The van der Waals surface area contributed by atoms with Crippen molar-refractivity contribution in [2.45, 2.75) is 25.4 Å². The first-order chi connectivity index (χ1) is 8.70. The maximum absolute atomic E-state index is 11.3. The molecule has 2 rings (SSSR count). The predicted octanol–water partition coefficient (Wildman–Crippen LogP) is 1.31. The Morgan fingerprint density at radius 2 is 2.11 bits per heavy atom. The maximum Gasteiger partial charge on any atom is 0.320 e. The topological polar surface area (TPSA) is 66.6 Å². The quantitative estimate of drug-likeness (QED) is 0.843. The van der Waals surface area contributed by atoms with Gasteiger partial charge in [-0.25, -0.2) is 0 Å². The van der Waals surface area contributed by atoms with E-state index in [9.17, 15) is 9.90 Å². The molecule has 4 heteroatoms. The van der Waals surface area contributed by atoms with Crippen LogP contribution in [0.4, 0.5) is 0 Å². The fourth-order valence-corrected chi connectivity index (χ4v) is 2.57. The average Bonchev–Trinajstić information content (AvgIpc) is 2.40. The first kappa shape index (κ1) is 13.1. The molecule has 1 saturated heterocycles. The Morgan fingerprint density at radius 3 is 2.72 bits per heavy atom. The molecule has 1 aromatic rings. The lowest BCUT2D eigenvalue weighted by Crippen LogP contribution is -2.47. The Bertz CT molecular complexity index is 394. The molecule has 0 aromatic heterocycles. The summed E-state index contributed by atoms with van der Waals surface area (Å²) >= 11 is 0. The Kier molecular flexibility index (Phi) is 4.33. The van der Waals surface area contributed by atoms with Gasteiger partial charge in [-0.1, -0.05) is 30.3 Å². The van der Waals surface area contributed by atoms with E-state index in [0.717, 1.165) is 18.5 Å². The zero-order valence-corrected chi connectivity index (χ0v) is 10.5. The van der Waals surface area contributed by atoms with Crippen molar-refractivity contribution in [1.82, 2.24) is 4.90 Å². The van der Waals surface area contributed by atoms with Crippen LogP contribution in [0.15, 0.2) is 30.3 Å². The van der Waals surface area contributed by atoms with Gasteiger partial charge in [0.15, 0.2) is 0 Å². The Morgan fingerprint density at radius 1 is 1.39 bits per heavy atom. The third-order valence-electron chi connectivity index (χ3n) is 3.67. The van der Waals surface area contributed by atoms with E-state index in [0.29, 0.717) is 25.4 Å². The molecule has 1 aliphatic rings. The van der Waals surface area contributed by atoms with Gasteiger partial charge in [0.25, 0.3) is 0 Å². The number of nitrogens with two attached hydrogens (primary N) is 1. The molecule has 4 nitrogen and oxygen atoms in total. The zero-order chi connectivity index (χ0) is 13.0. The smallest absolute Gasteiger partial charge is 0.320 e. The molecule has 0 spiro atoms. The van der Waals surface area contributed by atoms with Gasteiger partial charge < -0.3 is 10.8 Å². The molecule has 98 valence electrons. The van der Waals surface area contributed by atoms with E-state index in [2.05, 4.69) is 0 Å². The highest BCUT2D eigenvalue weighted by Crippen LogP contribution is 2.24. The van der Waals surface area contributed by atoms with Crippen LogP contribution in [-0.4, -0.2) is 35.1 Å². The minimum Gasteiger partial charge on any atom is -0.480 e. The normalized spacial score (nSPS) is 24.9. The lowest BCUT2D eigenvalue weighted by Gasteiger charge is -2.36. The van der Waals surface area contributed by atoms with Gasteiger partial charge in [-0.3, -0.25) is 9.69 Å². The van der Waals surface area contributed by atoms with Crippen LogP contribution in [0.2, 0.25) is 0 Å². The van der Waals surface area contributed by atoms with Crippen LogP contribution in [-0.2, 0) is 11.3 Å². The number of piperidine rings is 1. The van der Waals surface area contributed by atoms with Crippen LogP contribution in [0, 0.1) is 5.92 Å². The molecule has 0 saturated carbocycles. The SMILES string of the molecule is NCC1CCN(Cc2ccccc2)C(C(=O)O)C1. The molecule has 18 heavy (non-hydrogen) atoms. The minimum absolute atomic E-state index is 0.345. The summed E-state index contributed by atoms with van der Waals surface area (Å²) < 4.78 is 0. The summed E-state index contributed by atoms with van der Waals surface area (Å²) in [6.45, 7) is 2.10. The first-order valence-corrected chi connectivity index (χ1v) is 6.41. The Balaban J connectivity index is 2.04. The van der Waals surface area contributed by atoms with Crippen molar-refractivity contribution < 1.29 is 9.90 Å².